The standard InChI is InChI=1S/C42H85NO6S/c1-3-5-7-9-11-13-15-17-19-21-23-24-26-28-30-32-34-36-40(44)39(38-50(47,48)49)43-42(46)41(45)37-35-33-31-29-27-25-22-20-18-16-14-12-10-8-6-4-2/h39-41,44-45H,3-38H2,1-2H3,(H,43,46)(H,47,48,49). The molecule has 0 aliphatic rings. The first-order chi connectivity index (χ1) is 24.2. The lowest BCUT2D eigenvalue weighted by Gasteiger charge is -2.24. The van der Waals surface area contributed by atoms with Crippen molar-refractivity contribution in [3.05, 3.63) is 0 Å². The van der Waals surface area contributed by atoms with E-state index in [-0.39, 0.29) is 0 Å². The van der Waals surface area contributed by atoms with Gasteiger partial charge in [0, 0.05) is 0 Å². The summed E-state index contributed by atoms with van der Waals surface area (Å²) in [6.07, 6.45) is 39.7. The molecule has 4 N–H and O–H groups in total. The van der Waals surface area contributed by atoms with Crippen LogP contribution >= 0.6 is 0 Å². The minimum absolute atomic E-state index is 0.304. The molecule has 0 bridgehead atoms. The van der Waals surface area contributed by atoms with Gasteiger partial charge >= 0.3 is 0 Å². The minimum Gasteiger partial charge on any atom is -0.391 e. The van der Waals surface area contributed by atoms with Crippen LogP contribution in [0.25, 0.3) is 0 Å². The number of aliphatic hydroxyl groups excluding tert-OH is 2. The third-order valence-electron chi connectivity index (χ3n) is 10.4. The Morgan fingerprint density at radius 3 is 1.00 bits per heavy atom. The Hall–Kier alpha value is -0.700. The van der Waals surface area contributed by atoms with Crippen LogP contribution in [0.5, 0.6) is 0 Å². The van der Waals surface area contributed by atoms with E-state index in [9.17, 15) is 28.0 Å². The van der Waals surface area contributed by atoms with Crippen molar-refractivity contribution in [3.63, 3.8) is 0 Å². The van der Waals surface area contributed by atoms with Crippen molar-refractivity contribution in [3.8, 4) is 0 Å². The molecule has 0 aromatic rings. The summed E-state index contributed by atoms with van der Waals surface area (Å²) in [5.41, 5.74) is 0. The van der Waals surface area contributed by atoms with Crippen molar-refractivity contribution >= 4 is 16.0 Å². The Morgan fingerprint density at radius 2 is 0.720 bits per heavy atom. The summed E-state index contributed by atoms with van der Waals surface area (Å²) in [5, 5.41) is 23.6. The molecule has 8 heteroatoms. The molecule has 50 heavy (non-hydrogen) atoms. The summed E-state index contributed by atoms with van der Waals surface area (Å²) in [4.78, 5) is 12.6. The predicted molar refractivity (Wildman–Crippen MR) is 213 cm³/mol. The quantitative estimate of drug-likeness (QED) is 0.0367. The van der Waals surface area contributed by atoms with Gasteiger partial charge in [-0.25, -0.2) is 0 Å². The molecule has 300 valence electrons. The van der Waals surface area contributed by atoms with E-state index in [1.807, 2.05) is 0 Å². The first kappa shape index (κ1) is 49.3. The number of nitrogens with one attached hydrogen (secondary N) is 1. The molecule has 0 heterocycles. The molecule has 0 aliphatic carbocycles. The first-order valence-electron chi connectivity index (χ1n) is 21.8. The van der Waals surface area contributed by atoms with Gasteiger partial charge in [0.15, 0.2) is 0 Å². The van der Waals surface area contributed by atoms with E-state index < -0.39 is 40.0 Å². The second-order valence-electron chi connectivity index (χ2n) is 15.5. The Labute approximate surface area is 311 Å². The van der Waals surface area contributed by atoms with Gasteiger partial charge in [0.25, 0.3) is 10.1 Å². The molecular weight excluding hydrogens is 647 g/mol. The van der Waals surface area contributed by atoms with E-state index in [0.29, 0.717) is 12.8 Å². The highest BCUT2D eigenvalue weighted by Crippen LogP contribution is 2.17. The highest BCUT2D eigenvalue weighted by Gasteiger charge is 2.28. The average molecular weight is 732 g/mol. The number of carbonyl (C=O) groups is 1. The van der Waals surface area contributed by atoms with Crippen LogP contribution in [0.2, 0.25) is 0 Å². The second-order valence-corrected chi connectivity index (χ2v) is 17.0. The highest BCUT2D eigenvalue weighted by atomic mass is 32.2. The van der Waals surface area contributed by atoms with Crippen molar-refractivity contribution in [2.75, 3.05) is 5.75 Å². The molecule has 0 saturated heterocycles. The molecule has 0 fully saturated rings. The van der Waals surface area contributed by atoms with Gasteiger partial charge in [-0.15, -0.1) is 0 Å². The lowest BCUT2D eigenvalue weighted by atomic mass is 10.0. The molecule has 7 nitrogen and oxygen atoms in total. The van der Waals surface area contributed by atoms with E-state index in [1.165, 1.54) is 167 Å². The number of hydrogen-bond acceptors (Lipinski definition) is 5. The van der Waals surface area contributed by atoms with E-state index in [0.717, 1.165) is 44.9 Å². The summed E-state index contributed by atoms with van der Waals surface area (Å²) in [5.74, 6) is -1.44. The van der Waals surface area contributed by atoms with Gasteiger partial charge in [0.1, 0.15) is 6.10 Å². The molecule has 0 aliphatic heterocycles. The maximum absolute atomic E-state index is 12.6. The number of rotatable bonds is 40. The molecule has 0 aromatic heterocycles. The van der Waals surface area contributed by atoms with Crippen LogP contribution in [0.15, 0.2) is 0 Å². The Bertz CT molecular complexity index is 823. The van der Waals surface area contributed by atoms with E-state index >= 15 is 0 Å². The SMILES string of the molecule is CCCCCCCCCCCCCCCCCCCC(O)C(CS(=O)(=O)O)NC(=O)C(O)CCCCCCCCCCCCCCCCCC. The number of carbonyl (C=O) groups excluding carboxylic acids is 1. The van der Waals surface area contributed by atoms with Gasteiger partial charge in [-0.05, 0) is 12.8 Å². The number of hydrogen-bond donors (Lipinski definition) is 4. The van der Waals surface area contributed by atoms with Crippen LogP contribution in [-0.2, 0) is 14.9 Å². The van der Waals surface area contributed by atoms with Crippen molar-refractivity contribution in [2.45, 2.75) is 257 Å². The minimum atomic E-state index is -4.40. The fourth-order valence-corrected chi connectivity index (χ4v) is 7.81. The molecule has 0 aromatic carbocycles. The third-order valence-corrected chi connectivity index (χ3v) is 11.2. The zero-order chi connectivity index (χ0) is 37.0. The van der Waals surface area contributed by atoms with Gasteiger partial charge in [-0.3, -0.25) is 9.35 Å². The zero-order valence-corrected chi connectivity index (χ0v) is 34.0. The molecular formula is C42H85NO6S. The van der Waals surface area contributed by atoms with Gasteiger partial charge in [-0.1, -0.05) is 226 Å². The van der Waals surface area contributed by atoms with Crippen molar-refractivity contribution in [1.82, 2.24) is 5.32 Å². The third kappa shape index (κ3) is 35.7. The Balaban J connectivity index is 3.91. The molecule has 0 saturated carbocycles. The predicted octanol–water partition coefficient (Wildman–Crippen LogP) is 11.8. The second kappa shape index (κ2) is 36.6. The Morgan fingerprint density at radius 1 is 0.460 bits per heavy atom. The fourth-order valence-electron chi connectivity index (χ4n) is 7.05. The number of aliphatic hydroxyl groups is 2. The topological polar surface area (TPSA) is 124 Å². The first-order valence-corrected chi connectivity index (χ1v) is 23.4. The molecule has 0 spiro atoms. The van der Waals surface area contributed by atoms with Gasteiger partial charge in [-0.2, -0.15) is 8.42 Å². The largest absolute Gasteiger partial charge is 0.391 e. The summed E-state index contributed by atoms with van der Waals surface area (Å²) in [7, 11) is -4.40. The molecule has 3 unspecified atom stereocenters. The zero-order valence-electron chi connectivity index (χ0n) is 33.2. The molecule has 0 radical (unpaired) electrons. The summed E-state index contributed by atoms with van der Waals surface area (Å²) >= 11 is 0. The summed E-state index contributed by atoms with van der Waals surface area (Å²) < 4.78 is 32.6. The van der Waals surface area contributed by atoms with Crippen molar-refractivity contribution in [2.24, 2.45) is 0 Å². The highest BCUT2D eigenvalue weighted by molar-refractivity contribution is 7.85. The average Bonchev–Trinajstić information content (AvgIpc) is 3.08. The monoisotopic (exact) mass is 732 g/mol. The van der Waals surface area contributed by atoms with E-state index in [1.54, 1.807) is 0 Å². The maximum Gasteiger partial charge on any atom is 0.266 e. The molecule has 1 amide bonds. The lowest BCUT2D eigenvalue weighted by Crippen LogP contribution is -2.50. The van der Waals surface area contributed by atoms with Gasteiger partial charge in [0.2, 0.25) is 5.91 Å². The van der Waals surface area contributed by atoms with E-state index in [4.69, 9.17) is 0 Å². The van der Waals surface area contributed by atoms with Crippen LogP contribution in [0, 0.1) is 0 Å². The normalized spacial score (nSPS) is 13.8. The summed E-state index contributed by atoms with van der Waals surface area (Å²) in [6, 6.07) is -1.14. The fraction of sp³-hybridized carbons (Fsp3) is 0.976. The van der Waals surface area contributed by atoms with Crippen LogP contribution in [0.4, 0.5) is 0 Å². The van der Waals surface area contributed by atoms with Crippen LogP contribution in [0.3, 0.4) is 0 Å². The van der Waals surface area contributed by atoms with Crippen molar-refractivity contribution in [1.29, 1.82) is 0 Å². The van der Waals surface area contributed by atoms with Crippen molar-refractivity contribution < 1.29 is 28.0 Å². The van der Waals surface area contributed by atoms with Crippen LogP contribution < -0.4 is 5.32 Å². The smallest absolute Gasteiger partial charge is 0.266 e. The van der Waals surface area contributed by atoms with E-state index in [2.05, 4.69) is 19.2 Å². The number of amides is 1. The van der Waals surface area contributed by atoms with Gasteiger partial charge < -0.3 is 15.5 Å². The molecule has 3 atom stereocenters. The molecule has 0 rings (SSSR count). The van der Waals surface area contributed by atoms with Crippen LogP contribution in [-0.4, -0.2) is 53.1 Å². The lowest BCUT2D eigenvalue weighted by molar-refractivity contribution is -0.131. The van der Waals surface area contributed by atoms with Crippen LogP contribution in [0.1, 0.15) is 239 Å². The Kier molecular flexibility index (Phi) is 36.1. The summed E-state index contributed by atoms with van der Waals surface area (Å²) in [6.45, 7) is 4.52. The maximum atomic E-state index is 12.6. The number of unbranched alkanes of at least 4 members (excludes halogenated alkanes) is 31. The van der Waals surface area contributed by atoms with Gasteiger partial charge in [0.05, 0.1) is 17.9 Å².